The van der Waals surface area contributed by atoms with E-state index in [0.717, 1.165) is 25.8 Å². The predicted octanol–water partition coefficient (Wildman–Crippen LogP) is 3.01. The predicted molar refractivity (Wildman–Crippen MR) is 88.2 cm³/mol. The Kier molecular flexibility index (Phi) is 6.22. The summed E-state index contributed by atoms with van der Waals surface area (Å²) in [5, 5.41) is 9.12. The van der Waals surface area contributed by atoms with Gasteiger partial charge in [0.05, 0.1) is 6.04 Å². The summed E-state index contributed by atoms with van der Waals surface area (Å²) in [6, 6.07) is 9.68. The van der Waals surface area contributed by atoms with E-state index in [1.807, 2.05) is 0 Å². The molecule has 1 saturated heterocycles. The molecule has 0 aliphatic carbocycles. The van der Waals surface area contributed by atoms with Crippen molar-refractivity contribution >= 4 is 0 Å². The van der Waals surface area contributed by atoms with E-state index < -0.39 is 0 Å². The molecule has 0 saturated carbocycles. The summed E-state index contributed by atoms with van der Waals surface area (Å²) < 4.78 is 0. The monoisotopic (exact) mass is 290 g/mol. The first-order chi connectivity index (χ1) is 10.2. The highest BCUT2D eigenvalue weighted by atomic mass is 16.2. The van der Waals surface area contributed by atoms with Crippen molar-refractivity contribution in [2.45, 2.75) is 64.1 Å². The van der Waals surface area contributed by atoms with E-state index in [0.29, 0.717) is 18.7 Å². The summed E-state index contributed by atoms with van der Waals surface area (Å²) in [6.45, 7) is 5.78. The van der Waals surface area contributed by atoms with Gasteiger partial charge < -0.3 is 10.8 Å². The van der Waals surface area contributed by atoms with E-state index in [2.05, 4.69) is 43.0 Å². The number of nitrogens with zero attached hydrogens (tertiary/aromatic N) is 1. The molecule has 0 amide bonds. The highest BCUT2D eigenvalue weighted by Gasteiger charge is 2.34. The van der Waals surface area contributed by atoms with Gasteiger partial charge in [-0.1, -0.05) is 31.2 Å². The minimum absolute atomic E-state index is 0.167. The van der Waals surface area contributed by atoms with Crippen LogP contribution in [0.5, 0.6) is 0 Å². The van der Waals surface area contributed by atoms with Crippen molar-refractivity contribution < 1.29 is 5.11 Å². The molecule has 3 heteroatoms. The minimum atomic E-state index is 0.167. The lowest BCUT2D eigenvalue weighted by atomic mass is 9.92. The van der Waals surface area contributed by atoms with Gasteiger partial charge in [0.25, 0.3) is 0 Å². The Morgan fingerprint density at radius 2 is 2.14 bits per heavy atom. The molecular formula is C18H30N2O. The maximum Gasteiger partial charge on any atom is 0.0504 e. The standard InChI is InChI=1S/C18H30N2O/c1-3-17(19)18(16-11-5-4-8-14(16)2)20-12-6-9-15(20)10-7-13-21/h4-5,8,11,15,17-18,21H,3,6-7,9-10,12-13,19H2,1-2H3. The molecule has 3 unspecified atom stereocenters. The minimum Gasteiger partial charge on any atom is -0.396 e. The molecule has 0 radical (unpaired) electrons. The fourth-order valence-electron chi connectivity index (χ4n) is 3.66. The highest BCUT2D eigenvalue weighted by Crippen LogP contribution is 2.35. The second-order valence-corrected chi connectivity index (χ2v) is 6.27. The van der Waals surface area contributed by atoms with Crippen LogP contribution in [0.25, 0.3) is 0 Å². The van der Waals surface area contributed by atoms with Crippen LogP contribution >= 0.6 is 0 Å². The quantitative estimate of drug-likeness (QED) is 0.811. The molecular weight excluding hydrogens is 260 g/mol. The van der Waals surface area contributed by atoms with Gasteiger partial charge in [0, 0.05) is 18.7 Å². The van der Waals surface area contributed by atoms with Crippen LogP contribution in [0.15, 0.2) is 24.3 Å². The first-order valence-electron chi connectivity index (χ1n) is 8.36. The second-order valence-electron chi connectivity index (χ2n) is 6.27. The maximum absolute atomic E-state index is 9.12. The molecule has 1 aliphatic rings. The number of hydrogen-bond donors (Lipinski definition) is 2. The molecule has 1 aromatic carbocycles. The fraction of sp³-hybridized carbons (Fsp3) is 0.667. The lowest BCUT2D eigenvalue weighted by Crippen LogP contribution is -2.43. The van der Waals surface area contributed by atoms with Crippen LogP contribution in [0.3, 0.4) is 0 Å². The Balaban J connectivity index is 2.25. The first-order valence-corrected chi connectivity index (χ1v) is 8.36. The molecule has 1 fully saturated rings. The van der Waals surface area contributed by atoms with E-state index in [1.165, 1.54) is 24.0 Å². The number of aliphatic hydroxyl groups excluding tert-OH is 1. The van der Waals surface area contributed by atoms with Gasteiger partial charge in [-0.2, -0.15) is 0 Å². The lowest BCUT2D eigenvalue weighted by Gasteiger charge is -2.37. The number of benzene rings is 1. The van der Waals surface area contributed by atoms with Gasteiger partial charge in [-0.3, -0.25) is 4.90 Å². The normalized spacial score (nSPS) is 22.4. The average Bonchev–Trinajstić information content (AvgIpc) is 2.95. The Morgan fingerprint density at radius 3 is 2.81 bits per heavy atom. The van der Waals surface area contributed by atoms with Crippen LogP contribution in [0.1, 0.15) is 56.2 Å². The molecule has 1 aromatic rings. The lowest BCUT2D eigenvalue weighted by molar-refractivity contribution is 0.139. The third-order valence-electron chi connectivity index (χ3n) is 4.86. The third kappa shape index (κ3) is 3.85. The summed E-state index contributed by atoms with van der Waals surface area (Å²) >= 11 is 0. The van der Waals surface area contributed by atoms with Crippen LogP contribution in [0.4, 0.5) is 0 Å². The van der Waals surface area contributed by atoms with Crippen molar-refractivity contribution in [3.05, 3.63) is 35.4 Å². The number of rotatable bonds is 7. The van der Waals surface area contributed by atoms with Gasteiger partial charge in [0.2, 0.25) is 0 Å². The zero-order chi connectivity index (χ0) is 15.2. The topological polar surface area (TPSA) is 49.5 Å². The molecule has 1 aliphatic heterocycles. The molecule has 1 heterocycles. The molecule has 3 atom stereocenters. The van der Waals surface area contributed by atoms with Gasteiger partial charge >= 0.3 is 0 Å². The molecule has 2 rings (SSSR count). The summed E-state index contributed by atoms with van der Waals surface area (Å²) in [6.07, 6.45) is 5.44. The zero-order valence-electron chi connectivity index (χ0n) is 13.5. The Labute approximate surface area is 129 Å². The van der Waals surface area contributed by atoms with Gasteiger partial charge in [-0.15, -0.1) is 0 Å². The van der Waals surface area contributed by atoms with Crippen molar-refractivity contribution in [2.24, 2.45) is 5.73 Å². The Morgan fingerprint density at radius 1 is 1.38 bits per heavy atom. The van der Waals surface area contributed by atoms with E-state index in [-0.39, 0.29) is 6.04 Å². The SMILES string of the molecule is CCC(N)C(c1ccccc1C)N1CCCC1CCCO. The van der Waals surface area contributed by atoms with Crippen LogP contribution in [0.2, 0.25) is 0 Å². The summed E-state index contributed by atoms with van der Waals surface area (Å²) in [4.78, 5) is 2.60. The Hall–Kier alpha value is -0.900. The summed E-state index contributed by atoms with van der Waals surface area (Å²) in [7, 11) is 0. The van der Waals surface area contributed by atoms with E-state index in [1.54, 1.807) is 0 Å². The van der Waals surface area contributed by atoms with Gasteiger partial charge in [-0.25, -0.2) is 0 Å². The fourth-order valence-corrected chi connectivity index (χ4v) is 3.66. The average molecular weight is 290 g/mol. The van der Waals surface area contributed by atoms with Crippen LogP contribution in [-0.4, -0.2) is 35.2 Å². The zero-order valence-corrected chi connectivity index (χ0v) is 13.5. The third-order valence-corrected chi connectivity index (χ3v) is 4.86. The number of likely N-dealkylation sites (tertiary alicyclic amines) is 1. The van der Waals surface area contributed by atoms with Crippen molar-refractivity contribution in [2.75, 3.05) is 13.2 Å². The molecule has 118 valence electrons. The van der Waals surface area contributed by atoms with Gasteiger partial charge in [0.1, 0.15) is 0 Å². The van der Waals surface area contributed by atoms with E-state index >= 15 is 0 Å². The molecule has 3 N–H and O–H groups in total. The second kappa shape index (κ2) is 7.92. The first kappa shape index (κ1) is 16.5. The van der Waals surface area contributed by atoms with Crippen LogP contribution in [-0.2, 0) is 0 Å². The smallest absolute Gasteiger partial charge is 0.0504 e. The maximum atomic E-state index is 9.12. The molecule has 0 aromatic heterocycles. The number of aliphatic hydroxyl groups is 1. The van der Waals surface area contributed by atoms with E-state index in [4.69, 9.17) is 10.8 Å². The molecule has 0 bridgehead atoms. The molecule has 0 spiro atoms. The van der Waals surface area contributed by atoms with Crippen molar-refractivity contribution in [3.8, 4) is 0 Å². The van der Waals surface area contributed by atoms with Gasteiger partial charge in [0.15, 0.2) is 0 Å². The van der Waals surface area contributed by atoms with Crippen molar-refractivity contribution in [1.82, 2.24) is 4.90 Å². The van der Waals surface area contributed by atoms with Crippen molar-refractivity contribution in [1.29, 1.82) is 0 Å². The van der Waals surface area contributed by atoms with Crippen LogP contribution in [0, 0.1) is 6.92 Å². The molecule has 3 nitrogen and oxygen atoms in total. The number of nitrogens with two attached hydrogens (primary N) is 1. The summed E-state index contributed by atoms with van der Waals surface area (Å²) in [5.74, 6) is 0. The molecule has 21 heavy (non-hydrogen) atoms. The van der Waals surface area contributed by atoms with Gasteiger partial charge in [-0.05, 0) is 56.7 Å². The Bertz CT molecular complexity index is 435. The number of aryl methyl sites for hydroxylation is 1. The largest absolute Gasteiger partial charge is 0.396 e. The van der Waals surface area contributed by atoms with Crippen LogP contribution < -0.4 is 5.73 Å². The number of hydrogen-bond acceptors (Lipinski definition) is 3. The highest BCUT2D eigenvalue weighted by molar-refractivity contribution is 5.30. The summed E-state index contributed by atoms with van der Waals surface area (Å²) in [5.41, 5.74) is 9.21. The van der Waals surface area contributed by atoms with Crippen molar-refractivity contribution in [3.63, 3.8) is 0 Å². The van der Waals surface area contributed by atoms with E-state index in [9.17, 15) is 0 Å².